The molecule has 0 fully saturated rings. The van der Waals surface area contributed by atoms with Crippen LogP contribution < -0.4 is 11.5 Å². The van der Waals surface area contributed by atoms with Crippen LogP contribution >= 0.6 is 23.2 Å². The van der Waals surface area contributed by atoms with E-state index in [1.54, 1.807) is 6.07 Å². The quantitative estimate of drug-likeness (QED) is 0.559. The summed E-state index contributed by atoms with van der Waals surface area (Å²) in [6.45, 7) is 0. The topological polar surface area (TPSA) is 104 Å². The van der Waals surface area contributed by atoms with Gasteiger partial charge in [-0.1, -0.05) is 23.2 Å². The molecule has 0 aliphatic heterocycles. The molecule has 0 saturated carbocycles. The summed E-state index contributed by atoms with van der Waals surface area (Å²) in [6.07, 6.45) is 0. The lowest BCUT2D eigenvalue weighted by Gasteiger charge is -2.05. The number of nitrogens with zero attached hydrogens (tertiary/aromatic N) is 2. The van der Waals surface area contributed by atoms with Crippen LogP contribution in [-0.4, -0.2) is 9.49 Å². The molecule has 3 aromatic rings. The van der Waals surface area contributed by atoms with E-state index >= 15 is 0 Å². The predicted molar refractivity (Wildman–Crippen MR) is 90.8 cm³/mol. The van der Waals surface area contributed by atoms with Gasteiger partial charge in [0.25, 0.3) is 5.69 Å². The second-order valence-corrected chi connectivity index (χ2v) is 5.63. The average Bonchev–Trinajstić information content (AvgIpc) is 2.85. The predicted octanol–water partition coefficient (Wildman–Crippen LogP) is 3.89. The van der Waals surface area contributed by atoms with E-state index in [0.29, 0.717) is 16.3 Å². The molecule has 0 amide bonds. The third-order valence-electron chi connectivity index (χ3n) is 3.35. The number of hydrogen-bond acceptors (Lipinski definition) is 5. The molecule has 0 radical (unpaired) electrons. The third-order valence-corrected chi connectivity index (χ3v) is 4.09. The van der Waals surface area contributed by atoms with Crippen LogP contribution in [0.15, 0.2) is 51.7 Å². The zero-order valence-electron chi connectivity index (χ0n) is 11.9. The van der Waals surface area contributed by atoms with Gasteiger partial charge in [-0.15, -0.1) is 0 Å². The highest BCUT2D eigenvalue weighted by atomic mass is 35.5. The van der Waals surface area contributed by atoms with Crippen LogP contribution in [0.5, 0.6) is 0 Å². The number of hydrogen-bond donors (Lipinski definition) is 1. The Bertz CT molecular complexity index is 993. The number of nitro groups is 1. The summed E-state index contributed by atoms with van der Waals surface area (Å²) >= 11 is 11.8. The van der Waals surface area contributed by atoms with Crippen LogP contribution in [0.4, 0.5) is 11.5 Å². The molecule has 7 nitrogen and oxygen atoms in total. The van der Waals surface area contributed by atoms with Crippen molar-refractivity contribution in [3.63, 3.8) is 0 Å². The molecule has 0 atom stereocenters. The van der Waals surface area contributed by atoms with Crippen LogP contribution in [0.1, 0.15) is 0 Å². The van der Waals surface area contributed by atoms with E-state index in [4.69, 9.17) is 33.4 Å². The molecule has 2 aromatic carbocycles. The third kappa shape index (κ3) is 2.75. The first kappa shape index (κ1) is 16.1. The number of anilines is 1. The van der Waals surface area contributed by atoms with Crippen LogP contribution in [0.3, 0.4) is 0 Å². The summed E-state index contributed by atoms with van der Waals surface area (Å²) < 4.78 is 6.33. The molecule has 0 aliphatic carbocycles. The number of rotatable bonds is 3. The minimum atomic E-state index is -0.709. The van der Waals surface area contributed by atoms with Gasteiger partial charge in [0.15, 0.2) is 11.6 Å². The molecule has 0 aliphatic rings. The van der Waals surface area contributed by atoms with Gasteiger partial charge in [0.2, 0.25) is 0 Å². The molecule has 0 unspecified atom stereocenters. The number of oxazole rings is 1. The number of benzene rings is 2. The summed E-state index contributed by atoms with van der Waals surface area (Å²) in [4.78, 5) is 22.3. The fraction of sp³-hybridized carbons (Fsp3) is 0. The first-order valence-electron chi connectivity index (χ1n) is 6.60. The van der Waals surface area contributed by atoms with Crippen molar-refractivity contribution in [3.05, 3.63) is 73.2 Å². The maximum Gasteiger partial charge on any atom is 0.425 e. The van der Waals surface area contributed by atoms with Gasteiger partial charge in [-0.25, -0.2) is 9.36 Å². The number of halogens is 2. The maximum absolute atomic E-state index is 12.1. The van der Waals surface area contributed by atoms with Gasteiger partial charge in [-0.3, -0.25) is 10.1 Å². The van der Waals surface area contributed by atoms with Crippen LogP contribution in [-0.2, 0) is 0 Å². The van der Waals surface area contributed by atoms with E-state index in [1.165, 1.54) is 36.4 Å². The zero-order valence-corrected chi connectivity index (χ0v) is 13.4. The molecule has 2 N–H and O–H groups in total. The first-order chi connectivity index (χ1) is 11.4. The fourth-order valence-corrected chi connectivity index (χ4v) is 2.49. The number of non-ortho nitro benzene ring substituents is 1. The van der Waals surface area contributed by atoms with E-state index in [-0.39, 0.29) is 22.3 Å². The lowest BCUT2D eigenvalue weighted by molar-refractivity contribution is -0.384. The molecule has 122 valence electrons. The Kier molecular flexibility index (Phi) is 4.04. The van der Waals surface area contributed by atoms with Crippen LogP contribution in [0.25, 0.3) is 17.0 Å². The molecule has 0 bridgehead atoms. The maximum atomic E-state index is 12.1. The van der Waals surface area contributed by atoms with Gasteiger partial charge < -0.3 is 10.2 Å². The van der Waals surface area contributed by atoms with Crippen molar-refractivity contribution in [2.75, 3.05) is 5.73 Å². The van der Waals surface area contributed by atoms with Gasteiger partial charge in [-0.05, 0) is 30.3 Å². The number of aromatic nitrogens is 1. The molecule has 24 heavy (non-hydrogen) atoms. The largest absolute Gasteiger partial charge is 0.425 e. The van der Waals surface area contributed by atoms with Gasteiger partial charge in [-0.2, -0.15) is 0 Å². The molecule has 1 aromatic heterocycles. The summed E-state index contributed by atoms with van der Waals surface area (Å²) in [5.74, 6) is -0.549. The minimum Gasteiger partial charge on any atom is -0.405 e. The molecule has 9 heteroatoms. The average molecular weight is 366 g/mol. The molecule has 0 spiro atoms. The molecule has 3 rings (SSSR count). The molecular weight excluding hydrogens is 357 g/mol. The van der Waals surface area contributed by atoms with E-state index in [1.807, 2.05) is 0 Å². The van der Waals surface area contributed by atoms with Gasteiger partial charge in [0.05, 0.1) is 20.7 Å². The Morgan fingerprint density at radius 1 is 1.08 bits per heavy atom. The van der Waals surface area contributed by atoms with E-state index < -0.39 is 10.7 Å². The van der Waals surface area contributed by atoms with Crippen molar-refractivity contribution in [2.24, 2.45) is 0 Å². The highest BCUT2D eigenvalue weighted by Gasteiger charge is 2.18. The Morgan fingerprint density at radius 2 is 1.75 bits per heavy atom. The summed E-state index contributed by atoms with van der Waals surface area (Å²) in [6, 6.07) is 10.1. The Balaban J connectivity index is 2.11. The lowest BCUT2D eigenvalue weighted by atomic mass is 10.1. The number of nitro benzene ring substituents is 1. The molecule has 0 saturated heterocycles. The van der Waals surface area contributed by atoms with Crippen LogP contribution in [0.2, 0.25) is 10.0 Å². The van der Waals surface area contributed by atoms with Crippen molar-refractivity contribution in [1.29, 1.82) is 0 Å². The summed E-state index contributed by atoms with van der Waals surface area (Å²) in [5.41, 5.74) is 6.76. The van der Waals surface area contributed by atoms with Crippen LogP contribution in [0, 0.1) is 10.1 Å². The van der Waals surface area contributed by atoms with Crippen molar-refractivity contribution < 1.29 is 9.34 Å². The summed E-state index contributed by atoms with van der Waals surface area (Å²) in [5, 5.41) is 11.3. The first-order valence-corrected chi connectivity index (χ1v) is 7.35. The Morgan fingerprint density at radius 3 is 2.33 bits per heavy atom. The minimum absolute atomic E-state index is 0.0484. The van der Waals surface area contributed by atoms with Crippen molar-refractivity contribution in [1.82, 2.24) is 4.57 Å². The Labute approximate surface area is 145 Å². The van der Waals surface area contributed by atoms with Gasteiger partial charge >= 0.3 is 5.76 Å². The van der Waals surface area contributed by atoms with E-state index in [9.17, 15) is 14.9 Å². The van der Waals surface area contributed by atoms with Gasteiger partial charge in [0, 0.05) is 17.7 Å². The Hall–Kier alpha value is -2.77. The standard InChI is InChI=1S/C15H9Cl2N3O4/c16-11-6-5-10(7-12(11)17)19-14(18)13(24-15(19)21)8-1-3-9(4-2-8)20(22)23/h1-7H,18H2. The number of nitrogen functional groups attached to an aromatic ring is 1. The van der Waals surface area contributed by atoms with Crippen molar-refractivity contribution in [2.45, 2.75) is 0 Å². The lowest BCUT2D eigenvalue weighted by Crippen LogP contribution is -2.14. The SMILES string of the molecule is Nc1c(-c2ccc([N+](=O)[O-])cc2)oc(=O)n1-c1ccc(Cl)c(Cl)c1. The second kappa shape index (κ2) is 6.03. The van der Waals surface area contributed by atoms with Gasteiger partial charge in [0.1, 0.15) is 0 Å². The normalized spacial score (nSPS) is 10.8. The molecular formula is C15H9Cl2N3O4. The summed E-state index contributed by atoms with van der Waals surface area (Å²) in [7, 11) is 0. The van der Waals surface area contributed by atoms with E-state index in [2.05, 4.69) is 0 Å². The highest BCUT2D eigenvalue weighted by molar-refractivity contribution is 6.42. The second-order valence-electron chi connectivity index (χ2n) is 4.82. The molecule has 1 heterocycles. The monoisotopic (exact) mass is 365 g/mol. The van der Waals surface area contributed by atoms with Crippen molar-refractivity contribution >= 4 is 34.7 Å². The zero-order chi connectivity index (χ0) is 17.4. The fourth-order valence-electron chi connectivity index (χ4n) is 2.20. The number of nitrogens with two attached hydrogens (primary N) is 1. The van der Waals surface area contributed by atoms with E-state index in [0.717, 1.165) is 4.57 Å². The highest BCUT2D eigenvalue weighted by Crippen LogP contribution is 2.30. The smallest absolute Gasteiger partial charge is 0.405 e. The van der Waals surface area contributed by atoms with Crippen molar-refractivity contribution in [3.8, 4) is 17.0 Å².